The molecular formula is C25H25N5O4. The van der Waals surface area contributed by atoms with E-state index in [1.165, 1.54) is 7.11 Å². The van der Waals surface area contributed by atoms with Crippen molar-refractivity contribution >= 4 is 50.9 Å². The Morgan fingerprint density at radius 2 is 1.76 bits per heavy atom. The van der Waals surface area contributed by atoms with Crippen LogP contribution in [0.1, 0.15) is 22.1 Å². The summed E-state index contributed by atoms with van der Waals surface area (Å²) in [6.07, 6.45) is -1.71. The number of benzene rings is 3. The number of hydrogen-bond donors (Lipinski definition) is 5. The summed E-state index contributed by atoms with van der Waals surface area (Å²) in [6, 6.07) is 17.8. The number of amides is 2. The molecule has 0 aliphatic carbocycles. The van der Waals surface area contributed by atoms with Crippen molar-refractivity contribution in [1.29, 1.82) is 0 Å². The molecule has 5 N–H and O–H groups in total. The van der Waals surface area contributed by atoms with Gasteiger partial charge in [-0.25, -0.2) is 9.78 Å². The summed E-state index contributed by atoms with van der Waals surface area (Å²) in [6.45, 7) is 0. The number of pyridine rings is 1. The number of fused-ring (bicyclic) bond motifs is 2. The van der Waals surface area contributed by atoms with Crippen molar-refractivity contribution in [2.45, 2.75) is 6.23 Å². The minimum atomic E-state index is -1.11. The van der Waals surface area contributed by atoms with E-state index in [2.05, 4.69) is 26.0 Å². The average Bonchev–Trinajstić information content (AvgIpc) is 2.87. The molecule has 1 atom stereocenters. The Morgan fingerprint density at radius 1 is 0.971 bits per heavy atom. The Morgan fingerprint density at radius 3 is 2.50 bits per heavy atom. The van der Waals surface area contributed by atoms with Gasteiger partial charge in [0.05, 0.1) is 29.4 Å². The molecule has 174 valence electrons. The fourth-order valence-corrected chi connectivity index (χ4v) is 3.77. The number of aliphatic hydroxyl groups is 1. The fraction of sp³-hybridized carbons (Fsp3) is 0.160. The maximum Gasteiger partial charge on any atom is 0.411 e. The van der Waals surface area contributed by atoms with Crippen molar-refractivity contribution in [2.75, 3.05) is 37.2 Å². The number of ether oxygens (including phenoxy) is 1. The van der Waals surface area contributed by atoms with E-state index in [-0.39, 0.29) is 5.91 Å². The van der Waals surface area contributed by atoms with Crippen LogP contribution in [-0.2, 0) is 4.74 Å². The van der Waals surface area contributed by atoms with Gasteiger partial charge in [-0.1, -0.05) is 24.3 Å². The number of rotatable bonds is 6. The van der Waals surface area contributed by atoms with E-state index in [1.807, 2.05) is 31.3 Å². The van der Waals surface area contributed by atoms with Crippen molar-refractivity contribution in [3.8, 4) is 0 Å². The van der Waals surface area contributed by atoms with Crippen LogP contribution in [0.25, 0.3) is 21.8 Å². The van der Waals surface area contributed by atoms with E-state index in [1.54, 1.807) is 43.4 Å². The molecule has 3 aromatic carbocycles. The number of nitrogens with zero attached hydrogens (tertiary/aromatic N) is 1. The summed E-state index contributed by atoms with van der Waals surface area (Å²) in [4.78, 5) is 28.8. The van der Waals surface area contributed by atoms with Gasteiger partial charge in [-0.05, 0) is 36.4 Å². The van der Waals surface area contributed by atoms with Gasteiger partial charge in [0.2, 0.25) is 0 Å². The largest absolute Gasteiger partial charge is 0.453 e. The first-order valence-corrected chi connectivity index (χ1v) is 10.6. The third-order valence-electron chi connectivity index (χ3n) is 5.48. The monoisotopic (exact) mass is 459 g/mol. The Kier molecular flexibility index (Phi) is 6.46. The molecule has 0 spiro atoms. The molecule has 34 heavy (non-hydrogen) atoms. The van der Waals surface area contributed by atoms with Crippen molar-refractivity contribution in [3.05, 3.63) is 71.8 Å². The predicted octanol–water partition coefficient (Wildman–Crippen LogP) is 4.07. The average molecular weight is 460 g/mol. The van der Waals surface area contributed by atoms with Crippen molar-refractivity contribution in [3.63, 3.8) is 0 Å². The van der Waals surface area contributed by atoms with Gasteiger partial charge in [0.15, 0.2) is 6.23 Å². The highest BCUT2D eigenvalue weighted by Gasteiger charge is 2.18. The Labute approximate surface area is 196 Å². The van der Waals surface area contributed by atoms with E-state index in [4.69, 9.17) is 4.98 Å². The molecule has 0 aliphatic rings. The van der Waals surface area contributed by atoms with Gasteiger partial charge >= 0.3 is 6.09 Å². The molecule has 1 aromatic heterocycles. The smallest absolute Gasteiger partial charge is 0.411 e. The number of methoxy groups -OCH3 is 1. The molecule has 0 radical (unpaired) electrons. The number of carbonyl (C=O) groups is 2. The van der Waals surface area contributed by atoms with Crippen LogP contribution in [0.2, 0.25) is 0 Å². The Balaban J connectivity index is 1.84. The lowest BCUT2D eigenvalue weighted by Gasteiger charge is -2.20. The number of aromatic nitrogens is 1. The topological polar surface area (TPSA) is 125 Å². The first-order valence-electron chi connectivity index (χ1n) is 10.6. The highest BCUT2D eigenvalue weighted by molar-refractivity contribution is 6.14. The lowest BCUT2D eigenvalue weighted by atomic mass is 10.0. The van der Waals surface area contributed by atoms with Crippen LogP contribution in [0.15, 0.2) is 60.7 Å². The summed E-state index contributed by atoms with van der Waals surface area (Å²) in [7, 11) is 4.66. The van der Waals surface area contributed by atoms with Crippen LogP contribution in [0.3, 0.4) is 0 Å². The van der Waals surface area contributed by atoms with Gasteiger partial charge in [0, 0.05) is 41.8 Å². The summed E-state index contributed by atoms with van der Waals surface area (Å²) >= 11 is 0. The summed E-state index contributed by atoms with van der Waals surface area (Å²) in [5.74, 6) is -0.254. The van der Waals surface area contributed by atoms with Crippen LogP contribution in [0.5, 0.6) is 0 Å². The van der Waals surface area contributed by atoms with Crippen molar-refractivity contribution in [2.24, 2.45) is 0 Å². The number of anilines is 3. The highest BCUT2D eigenvalue weighted by Crippen LogP contribution is 2.35. The lowest BCUT2D eigenvalue weighted by molar-refractivity contribution is 0.0964. The number of carbonyl (C=O) groups excluding carboxylic acids is 2. The molecule has 0 fully saturated rings. The zero-order valence-electron chi connectivity index (χ0n) is 19.0. The second kappa shape index (κ2) is 9.63. The second-order valence-corrected chi connectivity index (χ2v) is 7.54. The standard InChI is InChI=1S/C25H25N5O4/c1-26-15-10-11-17-20(13-15)29-22-18(8-5-9-19(22)24(32)27-2)21(17)30-23(31)14-6-4-7-16(12-14)28-25(33)34-3/h4-13,23,26,31H,1-3H3,(H,27,32)(H,28,33)(H,29,30). The molecule has 1 unspecified atom stereocenters. The molecule has 0 saturated carbocycles. The summed E-state index contributed by atoms with van der Waals surface area (Å²) in [5, 5.41) is 24.0. The maximum atomic E-state index is 12.5. The number of aliphatic hydroxyl groups excluding tert-OH is 1. The van der Waals surface area contributed by atoms with E-state index in [0.717, 1.165) is 11.1 Å². The van der Waals surface area contributed by atoms with Gasteiger partial charge in [0.25, 0.3) is 5.91 Å². The van der Waals surface area contributed by atoms with Crippen molar-refractivity contribution < 1.29 is 19.4 Å². The molecule has 9 heteroatoms. The predicted molar refractivity (Wildman–Crippen MR) is 133 cm³/mol. The summed E-state index contributed by atoms with van der Waals surface area (Å²) in [5.41, 5.74) is 4.11. The zero-order valence-corrected chi connectivity index (χ0v) is 19.0. The molecular weight excluding hydrogens is 434 g/mol. The zero-order chi connectivity index (χ0) is 24.2. The third-order valence-corrected chi connectivity index (χ3v) is 5.48. The van der Waals surface area contributed by atoms with Crippen LogP contribution in [-0.4, -0.2) is 43.3 Å². The molecule has 0 bridgehead atoms. The number of nitrogens with one attached hydrogen (secondary N) is 4. The Hall–Kier alpha value is -4.37. The van der Waals surface area contributed by atoms with Gasteiger partial charge in [-0.2, -0.15) is 0 Å². The van der Waals surface area contributed by atoms with Gasteiger partial charge in [-0.15, -0.1) is 0 Å². The molecule has 0 aliphatic heterocycles. The van der Waals surface area contributed by atoms with Crippen LogP contribution < -0.4 is 21.3 Å². The normalized spacial score (nSPS) is 11.6. The first kappa shape index (κ1) is 22.8. The molecule has 2 amide bonds. The van der Waals surface area contributed by atoms with Crippen LogP contribution in [0, 0.1) is 0 Å². The van der Waals surface area contributed by atoms with Crippen LogP contribution >= 0.6 is 0 Å². The lowest BCUT2D eigenvalue weighted by Crippen LogP contribution is -2.18. The van der Waals surface area contributed by atoms with E-state index in [9.17, 15) is 14.7 Å². The minimum absolute atomic E-state index is 0.254. The van der Waals surface area contributed by atoms with E-state index in [0.29, 0.717) is 38.9 Å². The first-order chi connectivity index (χ1) is 16.4. The fourth-order valence-electron chi connectivity index (χ4n) is 3.77. The van der Waals surface area contributed by atoms with E-state index >= 15 is 0 Å². The van der Waals surface area contributed by atoms with Gasteiger partial charge in [0.1, 0.15) is 0 Å². The summed E-state index contributed by atoms with van der Waals surface area (Å²) < 4.78 is 4.63. The van der Waals surface area contributed by atoms with Crippen LogP contribution in [0.4, 0.5) is 21.9 Å². The van der Waals surface area contributed by atoms with E-state index < -0.39 is 12.3 Å². The highest BCUT2D eigenvalue weighted by atomic mass is 16.5. The molecule has 1 heterocycles. The third kappa shape index (κ3) is 4.41. The second-order valence-electron chi connectivity index (χ2n) is 7.54. The Bertz CT molecular complexity index is 1390. The molecule has 0 saturated heterocycles. The van der Waals surface area contributed by atoms with Gasteiger partial charge < -0.3 is 25.8 Å². The minimum Gasteiger partial charge on any atom is -0.453 e. The quantitative estimate of drug-likeness (QED) is 0.217. The van der Waals surface area contributed by atoms with Gasteiger partial charge in [-0.3, -0.25) is 10.1 Å². The van der Waals surface area contributed by atoms with Crippen molar-refractivity contribution in [1.82, 2.24) is 10.3 Å². The molecule has 4 aromatic rings. The molecule has 4 rings (SSSR count). The number of hydrogen-bond acceptors (Lipinski definition) is 7. The number of para-hydroxylation sites is 1. The molecule has 9 nitrogen and oxygen atoms in total. The maximum absolute atomic E-state index is 12.5. The SMILES string of the molecule is CNC(=O)c1cccc2c(NC(O)c3cccc(NC(=O)OC)c3)c3ccc(NC)cc3nc12.